The van der Waals surface area contributed by atoms with Gasteiger partial charge in [-0.15, -0.1) is 12.4 Å². The van der Waals surface area contributed by atoms with Crippen molar-refractivity contribution >= 4 is 18.4 Å². The largest absolute Gasteiger partial charge is 0.494 e. The first-order valence-corrected chi connectivity index (χ1v) is 30.9. The van der Waals surface area contributed by atoms with Gasteiger partial charge < -0.3 is 76.9 Å². The second kappa shape index (κ2) is 31.8. The first kappa shape index (κ1) is 68.2. The van der Waals surface area contributed by atoms with E-state index >= 15 is 0 Å². The van der Waals surface area contributed by atoms with E-state index in [1.165, 1.54) is 0 Å². The molecule has 20 atom stereocenters. The minimum Gasteiger partial charge on any atom is -0.494 e. The topological polar surface area (TPSA) is 201 Å². The minimum absolute atomic E-state index is 0. The van der Waals surface area contributed by atoms with Gasteiger partial charge in [0.05, 0.1) is 75.8 Å². The highest BCUT2D eigenvalue weighted by atomic mass is 35.5. The molecule has 1 aliphatic carbocycles. The summed E-state index contributed by atoms with van der Waals surface area (Å²) in [4.78, 5) is 16.8. The molecule has 20 unspecified atom stereocenters. The number of carbonyl (C=O) groups excluding carboxylic acids is 1. The number of carbonyl (C=O) groups is 1. The molecule has 0 amide bonds. The average molecular weight is 1200 g/mol. The summed E-state index contributed by atoms with van der Waals surface area (Å²) in [7, 11) is 3.22. The van der Waals surface area contributed by atoms with Gasteiger partial charge in [-0.3, -0.25) is 9.69 Å². The van der Waals surface area contributed by atoms with Gasteiger partial charge in [-0.25, -0.2) is 0 Å². The van der Waals surface area contributed by atoms with Crippen LogP contribution in [0, 0.1) is 23.7 Å². The number of methoxy groups -OCH3 is 2. The van der Waals surface area contributed by atoms with Crippen LogP contribution in [0.2, 0.25) is 0 Å². The first-order chi connectivity index (χ1) is 39.9. The fourth-order valence-corrected chi connectivity index (χ4v) is 12.8. The molecule has 18 nitrogen and oxygen atoms in total. The molecule has 474 valence electrons. The molecule has 1 spiro atoms. The number of hydrogen-bond donors (Lipinski definition) is 3. The number of benzene rings is 1. The molecule has 9 rings (SSSR count). The van der Waals surface area contributed by atoms with Gasteiger partial charge >= 0.3 is 5.97 Å². The van der Waals surface area contributed by atoms with Gasteiger partial charge in [0.1, 0.15) is 53.5 Å². The lowest BCUT2D eigenvalue weighted by Gasteiger charge is -2.48. The van der Waals surface area contributed by atoms with Crippen molar-refractivity contribution in [1.82, 2.24) is 4.90 Å². The Balaban J connectivity index is 0.000000387. The number of halogens is 1. The van der Waals surface area contributed by atoms with Crippen molar-refractivity contribution in [3.05, 3.63) is 83.5 Å². The maximum Gasteiger partial charge on any atom is 0.316 e. The van der Waals surface area contributed by atoms with E-state index in [1.54, 1.807) is 40.2 Å². The third-order valence-corrected chi connectivity index (χ3v) is 18.1. The Morgan fingerprint density at radius 2 is 1.48 bits per heavy atom. The van der Waals surface area contributed by atoms with Gasteiger partial charge in [-0.2, -0.15) is 0 Å². The number of aliphatic hydroxyl groups is 3. The molecular formula is C65H100ClNO17. The van der Waals surface area contributed by atoms with E-state index < -0.39 is 90.8 Å². The number of rotatable bonds is 17. The number of unbranched alkanes of at least 4 members (excludes halogenated alkanes) is 1. The number of fused-ring (bicyclic) bond motifs is 2. The number of esters is 1. The van der Waals surface area contributed by atoms with Crippen LogP contribution in [0.1, 0.15) is 120 Å². The van der Waals surface area contributed by atoms with E-state index in [1.807, 2.05) is 56.3 Å². The van der Waals surface area contributed by atoms with Crippen LogP contribution in [0.25, 0.3) is 0 Å². The molecule has 5 fully saturated rings. The monoisotopic (exact) mass is 1200 g/mol. The van der Waals surface area contributed by atoms with Crippen LogP contribution in [0.15, 0.2) is 83.5 Å². The lowest BCUT2D eigenvalue weighted by atomic mass is 9.71. The highest BCUT2D eigenvalue weighted by Gasteiger charge is 2.60. The number of aliphatic hydroxyl groups excluding tert-OH is 2. The van der Waals surface area contributed by atoms with Crippen LogP contribution in [-0.4, -0.2) is 190 Å². The van der Waals surface area contributed by atoms with E-state index in [2.05, 4.69) is 51.7 Å². The number of allylic oxidation sites excluding steroid dienone is 2. The summed E-state index contributed by atoms with van der Waals surface area (Å²) >= 11 is 0. The van der Waals surface area contributed by atoms with Crippen molar-refractivity contribution in [2.24, 2.45) is 23.7 Å². The Bertz CT molecular complexity index is 2360. The van der Waals surface area contributed by atoms with E-state index in [9.17, 15) is 20.1 Å². The molecule has 1 aromatic carbocycles. The lowest BCUT2D eigenvalue weighted by Crippen LogP contribution is -2.58. The third kappa shape index (κ3) is 16.9. The number of nitrogens with zero attached hydrogens (tertiary/aromatic N) is 1. The average Bonchev–Trinajstić information content (AvgIpc) is 2.16. The summed E-state index contributed by atoms with van der Waals surface area (Å²) in [5.74, 6) is -0.726. The van der Waals surface area contributed by atoms with E-state index in [-0.39, 0.29) is 55.1 Å². The van der Waals surface area contributed by atoms with Crippen LogP contribution in [0.3, 0.4) is 0 Å². The van der Waals surface area contributed by atoms with Crippen molar-refractivity contribution in [1.29, 1.82) is 0 Å². The second-order valence-electron chi connectivity index (χ2n) is 24.3. The zero-order chi connectivity index (χ0) is 59.4. The zero-order valence-electron chi connectivity index (χ0n) is 51.7. The molecule has 19 heteroatoms. The van der Waals surface area contributed by atoms with E-state index in [4.69, 9.17) is 61.6 Å². The Hall–Kier alpha value is -3.28. The molecule has 7 heterocycles. The molecule has 0 saturated carbocycles. The van der Waals surface area contributed by atoms with Gasteiger partial charge in [0, 0.05) is 71.4 Å². The fourth-order valence-electron chi connectivity index (χ4n) is 12.8. The Kier molecular flexibility index (Phi) is 25.8. The molecular weight excluding hydrogens is 1100 g/mol. The molecule has 3 N–H and O–H groups in total. The lowest BCUT2D eigenvalue weighted by molar-refractivity contribution is -0.318. The summed E-state index contributed by atoms with van der Waals surface area (Å²) in [5.41, 5.74) is 0.134. The van der Waals surface area contributed by atoms with Crippen LogP contribution < -0.4 is 9.47 Å². The number of morpholine rings is 1. The number of ether oxygens (including phenoxy) is 13. The van der Waals surface area contributed by atoms with Crippen LogP contribution >= 0.6 is 12.4 Å². The van der Waals surface area contributed by atoms with Crippen LogP contribution in [-0.2, 0) is 56.9 Å². The molecule has 7 aliphatic heterocycles. The van der Waals surface area contributed by atoms with Crippen molar-refractivity contribution in [2.75, 3.05) is 66.9 Å². The van der Waals surface area contributed by atoms with E-state index in [0.29, 0.717) is 43.3 Å². The molecule has 1 aromatic rings. The number of hydrogen-bond acceptors (Lipinski definition) is 18. The van der Waals surface area contributed by atoms with Gasteiger partial charge in [-0.1, -0.05) is 83.9 Å². The zero-order valence-corrected chi connectivity index (χ0v) is 52.5. The molecule has 0 radical (unpaired) electrons. The van der Waals surface area contributed by atoms with Gasteiger partial charge in [0.2, 0.25) is 0 Å². The maximum atomic E-state index is 14.3. The van der Waals surface area contributed by atoms with Crippen molar-refractivity contribution in [3.63, 3.8) is 0 Å². The molecule has 0 aromatic heterocycles. The maximum absolute atomic E-state index is 14.3. The Morgan fingerprint density at radius 1 is 0.810 bits per heavy atom. The highest BCUT2D eigenvalue weighted by molar-refractivity contribution is 5.85. The van der Waals surface area contributed by atoms with Crippen molar-refractivity contribution in [3.8, 4) is 11.5 Å². The highest BCUT2D eigenvalue weighted by Crippen LogP contribution is 2.47. The first-order valence-electron chi connectivity index (χ1n) is 30.9. The fraction of sp³-hybridized carbons (Fsp3) is 0.738. The van der Waals surface area contributed by atoms with Gasteiger partial charge in [-0.05, 0) is 99.9 Å². The van der Waals surface area contributed by atoms with Gasteiger partial charge in [0.15, 0.2) is 18.4 Å². The Labute approximate surface area is 505 Å². The summed E-state index contributed by atoms with van der Waals surface area (Å²) in [6.45, 7) is 24.7. The standard InChI is InChI=1S/C48H72O14.C17H27NO3.ClH/c1-11-25(2)43-28(5)17-18-47(62-43)23-34-20-33(61-47)16-15-27(4)42(26(3)13-12-14-32-24-55-45-40(49)29(6)19-35(46(51)58-34)48(32,45)52)59-39-22-37(54-10)44(31(8)57-39)60-38-21-36(53-9)41(50)30(7)56-38;1-2-3-12-20-16-5-7-17(8-6-16)21-13-4-9-18-10-14-19-15-11-18;/h12-15,17-19,25-26,28,30-31,33-45,49-50,52H,11,16,20-24H2,1-10H3;5-8H,2-4,9-15H2,1H3;1H. The van der Waals surface area contributed by atoms with Crippen molar-refractivity contribution in [2.45, 2.75) is 217 Å². The van der Waals surface area contributed by atoms with Crippen LogP contribution in [0.4, 0.5) is 0 Å². The summed E-state index contributed by atoms with van der Waals surface area (Å²) in [6.07, 6.45) is 11.9. The smallest absolute Gasteiger partial charge is 0.316 e. The Morgan fingerprint density at radius 3 is 2.15 bits per heavy atom. The molecule has 2 bridgehead atoms. The predicted molar refractivity (Wildman–Crippen MR) is 319 cm³/mol. The molecule has 5 saturated heterocycles. The second-order valence-corrected chi connectivity index (χ2v) is 24.3. The summed E-state index contributed by atoms with van der Waals surface area (Å²) in [6, 6.07) is 7.92. The summed E-state index contributed by atoms with van der Waals surface area (Å²) < 4.78 is 80.4. The SMILES string of the molecule is CCC(C)C1OC2(C=CC1C)CC1CC(CC=C(C)C(OC3CC(OC)C(OC4CC(OC)C(O)C(C)O4)C(C)O3)C(C)C=CC=C3COC4C(O)C(C)=CC(C(=O)O1)C34O)O2.CCCCOc1ccc(OCCCN2CCOCC2)cc1.Cl. The molecule has 84 heavy (non-hydrogen) atoms. The minimum atomic E-state index is -1.84. The van der Waals surface area contributed by atoms with Crippen LogP contribution in [0.5, 0.6) is 11.5 Å². The normalized spacial score (nSPS) is 38.6. The third-order valence-electron chi connectivity index (χ3n) is 18.1. The summed E-state index contributed by atoms with van der Waals surface area (Å²) in [5, 5.41) is 34.2. The predicted octanol–water partition coefficient (Wildman–Crippen LogP) is 8.77. The van der Waals surface area contributed by atoms with Crippen molar-refractivity contribution < 1.29 is 81.7 Å². The quantitative estimate of drug-likeness (QED) is 0.0758. The van der Waals surface area contributed by atoms with E-state index in [0.717, 1.165) is 88.8 Å². The molecule has 8 aliphatic rings. The van der Waals surface area contributed by atoms with Gasteiger partial charge in [0.25, 0.3) is 0 Å².